The molecule has 286 valence electrons. The van der Waals surface area contributed by atoms with E-state index in [9.17, 15) is 0 Å². The first-order chi connectivity index (χ1) is 30.2. The van der Waals surface area contributed by atoms with Gasteiger partial charge in [0, 0.05) is 48.0 Å². The summed E-state index contributed by atoms with van der Waals surface area (Å²) >= 11 is 1.86. The van der Waals surface area contributed by atoms with E-state index in [-0.39, 0.29) is 0 Å². The second kappa shape index (κ2) is 14.5. The Morgan fingerprint density at radius 1 is 0.295 bits per heavy atom. The Hall–Kier alpha value is -7.72. The second-order valence-corrected chi connectivity index (χ2v) is 16.8. The van der Waals surface area contributed by atoms with Gasteiger partial charge < -0.3 is 9.32 Å². The van der Waals surface area contributed by atoms with E-state index in [1.54, 1.807) is 0 Å². The molecule has 10 aromatic carbocycles. The van der Waals surface area contributed by atoms with Crippen molar-refractivity contribution in [2.45, 2.75) is 0 Å². The largest absolute Gasteiger partial charge is 0.456 e. The number of hydrogen-bond donors (Lipinski definition) is 0. The summed E-state index contributed by atoms with van der Waals surface area (Å²) in [6.07, 6.45) is 0. The number of rotatable bonds is 7. The zero-order valence-corrected chi connectivity index (χ0v) is 33.9. The standard InChI is InChI=1S/C58H37NOS/c1-2-16-49-40(10-1)11-9-19-50(49)45-14-7-12-41(34-45)42-13-8-15-48(35-42)59(46-28-22-38(23-29-46)43-26-32-52-51-17-3-5-20-55(51)60-56(52)36-43)47-30-24-39(25-31-47)44-27-33-54-53-18-4-6-21-57(53)61-58(54)37-44/h1-37H. The molecule has 0 aliphatic carbocycles. The van der Waals surface area contributed by atoms with Crippen molar-refractivity contribution in [2.24, 2.45) is 0 Å². The number of anilines is 3. The van der Waals surface area contributed by atoms with Crippen LogP contribution in [0.1, 0.15) is 0 Å². The van der Waals surface area contributed by atoms with Crippen molar-refractivity contribution < 1.29 is 4.42 Å². The summed E-state index contributed by atoms with van der Waals surface area (Å²) in [6.45, 7) is 0. The van der Waals surface area contributed by atoms with Crippen molar-refractivity contribution in [3.8, 4) is 44.5 Å². The number of para-hydroxylation sites is 1. The molecule has 61 heavy (non-hydrogen) atoms. The highest BCUT2D eigenvalue weighted by molar-refractivity contribution is 7.25. The van der Waals surface area contributed by atoms with Crippen LogP contribution in [0.3, 0.4) is 0 Å². The fourth-order valence-corrected chi connectivity index (χ4v) is 10.2. The van der Waals surface area contributed by atoms with Crippen LogP contribution in [0.5, 0.6) is 0 Å². The van der Waals surface area contributed by atoms with E-state index in [1.807, 2.05) is 23.5 Å². The molecule has 2 heterocycles. The van der Waals surface area contributed by atoms with Gasteiger partial charge >= 0.3 is 0 Å². The van der Waals surface area contributed by atoms with E-state index in [4.69, 9.17) is 4.42 Å². The molecule has 0 atom stereocenters. The molecule has 0 aliphatic heterocycles. The van der Waals surface area contributed by atoms with E-state index in [0.717, 1.165) is 55.7 Å². The number of benzene rings is 10. The van der Waals surface area contributed by atoms with Crippen molar-refractivity contribution in [3.05, 3.63) is 224 Å². The molecule has 0 spiro atoms. The van der Waals surface area contributed by atoms with Crippen molar-refractivity contribution in [3.63, 3.8) is 0 Å². The molecular weight excluding hydrogens is 759 g/mol. The first kappa shape index (κ1) is 35.2. The Balaban J connectivity index is 0.932. The van der Waals surface area contributed by atoms with Crippen LogP contribution in [0.2, 0.25) is 0 Å². The third kappa shape index (κ3) is 6.26. The highest BCUT2D eigenvalue weighted by atomic mass is 32.1. The van der Waals surface area contributed by atoms with E-state index in [1.165, 1.54) is 58.8 Å². The molecule has 0 fully saturated rings. The van der Waals surface area contributed by atoms with E-state index < -0.39 is 0 Å². The lowest BCUT2D eigenvalue weighted by molar-refractivity contribution is 0.669. The Morgan fingerprint density at radius 2 is 0.836 bits per heavy atom. The van der Waals surface area contributed by atoms with Gasteiger partial charge in [0.25, 0.3) is 0 Å². The van der Waals surface area contributed by atoms with E-state index in [0.29, 0.717) is 0 Å². The zero-order valence-electron chi connectivity index (χ0n) is 33.1. The summed E-state index contributed by atoms with van der Waals surface area (Å²) < 4.78 is 8.89. The molecule has 2 nitrogen and oxygen atoms in total. The number of furan rings is 1. The van der Waals surface area contributed by atoms with Crippen molar-refractivity contribution in [1.29, 1.82) is 0 Å². The number of thiophene rings is 1. The van der Waals surface area contributed by atoms with E-state index >= 15 is 0 Å². The first-order valence-electron chi connectivity index (χ1n) is 20.7. The second-order valence-electron chi connectivity index (χ2n) is 15.7. The lowest BCUT2D eigenvalue weighted by Gasteiger charge is -2.26. The minimum Gasteiger partial charge on any atom is -0.456 e. The summed E-state index contributed by atoms with van der Waals surface area (Å²) in [5, 5.41) is 7.42. The average molecular weight is 796 g/mol. The lowest BCUT2D eigenvalue weighted by Crippen LogP contribution is -2.10. The molecule has 0 amide bonds. The highest BCUT2D eigenvalue weighted by Crippen LogP contribution is 2.41. The van der Waals surface area contributed by atoms with Gasteiger partial charge in [-0.3, -0.25) is 0 Å². The summed E-state index contributed by atoms with van der Waals surface area (Å²) in [6, 6.07) is 81.3. The summed E-state index contributed by atoms with van der Waals surface area (Å²) in [5.74, 6) is 0. The highest BCUT2D eigenvalue weighted by Gasteiger charge is 2.16. The maximum atomic E-state index is 6.26. The molecule has 0 radical (unpaired) electrons. The third-order valence-electron chi connectivity index (χ3n) is 12.1. The Kier molecular flexibility index (Phi) is 8.39. The Bertz CT molecular complexity index is 3430. The van der Waals surface area contributed by atoms with Crippen LogP contribution in [0.15, 0.2) is 229 Å². The lowest BCUT2D eigenvalue weighted by atomic mass is 9.95. The van der Waals surface area contributed by atoms with Crippen LogP contribution in [-0.2, 0) is 0 Å². The van der Waals surface area contributed by atoms with Gasteiger partial charge in [-0.1, -0.05) is 152 Å². The van der Waals surface area contributed by atoms with Crippen LogP contribution in [0.25, 0.3) is 97.4 Å². The van der Waals surface area contributed by atoms with Crippen LogP contribution < -0.4 is 4.90 Å². The fraction of sp³-hybridized carbons (Fsp3) is 0. The minimum atomic E-state index is 0.900. The SMILES string of the molecule is c1cc(-c2cccc(N(c3ccc(-c4ccc5c(c4)oc4ccccc45)cc3)c3ccc(-c4ccc5c(c4)sc4ccccc45)cc3)c2)cc(-c2cccc3ccccc23)c1. The number of nitrogens with zero attached hydrogens (tertiary/aromatic N) is 1. The average Bonchev–Trinajstić information content (AvgIpc) is 3.90. The Labute approximate surface area is 357 Å². The number of hydrogen-bond acceptors (Lipinski definition) is 3. The van der Waals surface area contributed by atoms with Crippen LogP contribution in [-0.4, -0.2) is 0 Å². The normalized spacial score (nSPS) is 11.6. The summed E-state index contributed by atoms with van der Waals surface area (Å²) in [5.41, 5.74) is 14.5. The third-order valence-corrected chi connectivity index (χ3v) is 13.2. The molecule has 0 unspecified atom stereocenters. The van der Waals surface area contributed by atoms with Gasteiger partial charge in [0.2, 0.25) is 0 Å². The molecule has 3 heteroatoms. The van der Waals surface area contributed by atoms with Gasteiger partial charge in [0.05, 0.1) is 0 Å². The van der Waals surface area contributed by atoms with Gasteiger partial charge in [-0.25, -0.2) is 0 Å². The van der Waals surface area contributed by atoms with Crippen molar-refractivity contribution in [1.82, 2.24) is 0 Å². The fourth-order valence-electron chi connectivity index (χ4n) is 9.03. The van der Waals surface area contributed by atoms with Crippen LogP contribution in [0.4, 0.5) is 17.1 Å². The zero-order chi connectivity index (χ0) is 40.3. The molecule has 12 rings (SSSR count). The quantitative estimate of drug-likeness (QED) is 0.160. The molecule has 0 saturated heterocycles. The maximum absolute atomic E-state index is 6.26. The predicted octanol–water partition coefficient (Wildman–Crippen LogP) is 17.2. The summed E-state index contributed by atoms with van der Waals surface area (Å²) in [7, 11) is 0. The van der Waals surface area contributed by atoms with Crippen LogP contribution >= 0.6 is 11.3 Å². The molecule has 0 N–H and O–H groups in total. The van der Waals surface area contributed by atoms with Crippen molar-refractivity contribution >= 4 is 81.3 Å². The van der Waals surface area contributed by atoms with Crippen LogP contribution in [0, 0.1) is 0 Å². The van der Waals surface area contributed by atoms with Gasteiger partial charge in [-0.05, 0) is 128 Å². The Morgan fingerprint density at radius 3 is 1.64 bits per heavy atom. The van der Waals surface area contributed by atoms with Gasteiger partial charge in [-0.15, -0.1) is 11.3 Å². The summed E-state index contributed by atoms with van der Waals surface area (Å²) in [4.78, 5) is 2.36. The molecule has 2 aromatic heterocycles. The van der Waals surface area contributed by atoms with Gasteiger partial charge in [0.1, 0.15) is 11.2 Å². The van der Waals surface area contributed by atoms with Gasteiger partial charge in [0.15, 0.2) is 0 Å². The smallest absolute Gasteiger partial charge is 0.136 e. The first-order valence-corrected chi connectivity index (χ1v) is 21.5. The van der Waals surface area contributed by atoms with Crippen molar-refractivity contribution in [2.75, 3.05) is 4.90 Å². The molecular formula is C58H37NOS. The maximum Gasteiger partial charge on any atom is 0.136 e. The molecule has 0 aliphatic rings. The number of fused-ring (bicyclic) bond motifs is 7. The predicted molar refractivity (Wildman–Crippen MR) is 261 cm³/mol. The minimum absolute atomic E-state index is 0.900. The monoisotopic (exact) mass is 795 g/mol. The molecule has 12 aromatic rings. The van der Waals surface area contributed by atoms with Gasteiger partial charge in [-0.2, -0.15) is 0 Å². The van der Waals surface area contributed by atoms with E-state index in [2.05, 4.69) is 217 Å². The molecule has 0 saturated carbocycles. The topological polar surface area (TPSA) is 16.4 Å². The molecule has 0 bridgehead atoms.